The number of fused-ring (bicyclic) bond motifs is 2. The Kier molecular flexibility index (Phi) is 2.87. The quantitative estimate of drug-likeness (QED) is 0.780. The predicted molar refractivity (Wildman–Crippen MR) is 83.7 cm³/mol. The first-order valence-corrected chi connectivity index (χ1v) is 7.38. The van der Waals surface area contributed by atoms with Gasteiger partial charge in [-0.3, -0.25) is 5.10 Å². The third-order valence-corrected chi connectivity index (χ3v) is 4.30. The molecule has 4 heteroatoms. The fourth-order valence-corrected chi connectivity index (χ4v) is 3.14. The summed E-state index contributed by atoms with van der Waals surface area (Å²) in [7, 11) is 0. The van der Waals surface area contributed by atoms with Gasteiger partial charge >= 0.3 is 0 Å². The number of hydrogen-bond donors (Lipinski definition) is 1. The Morgan fingerprint density at radius 2 is 2.23 bits per heavy atom. The molecular formula is C18H15N3O. The number of benzene rings is 2. The van der Waals surface area contributed by atoms with Crippen molar-refractivity contribution in [2.75, 3.05) is 0 Å². The molecule has 1 unspecified atom stereocenters. The summed E-state index contributed by atoms with van der Waals surface area (Å²) in [6.07, 6.45) is 3.79. The molecule has 0 spiro atoms. The minimum Gasteiger partial charge on any atom is -0.485 e. The molecule has 1 atom stereocenters. The number of nitriles is 1. The van der Waals surface area contributed by atoms with Crippen LogP contribution in [0.1, 0.15) is 34.8 Å². The van der Waals surface area contributed by atoms with Gasteiger partial charge in [-0.2, -0.15) is 10.4 Å². The van der Waals surface area contributed by atoms with E-state index < -0.39 is 0 Å². The number of nitrogens with one attached hydrogen (secondary N) is 1. The van der Waals surface area contributed by atoms with Crippen LogP contribution in [-0.4, -0.2) is 10.2 Å². The van der Waals surface area contributed by atoms with Gasteiger partial charge in [-0.1, -0.05) is 6.07 Å². The van der Waals surface area contributed by atoms with E-state index in [1.54, 1.807) is 0 Å². The normalized spacial score (nSPS) is 16.5. The van der Waals surface area contributed by atoms with Crippen LogP contribution in [-0.2, 0) is 6.42 Å². The predicted octanol–water partition coefficient (Wildman–Crippen LogP) is 3.81. The van der Waals surface area contributed by atoms with Crippen molar-refractivity contribution >= 4 is 10.9 Å². The summed E-state index contributed by atoms with van der Waals surface area (Å²) in [6, 6.07) is 12.2. The van der Waals surface area contributed by atoms with Gasteiger partial charge in [-0.15, -0.1) is 0 Å². The summed E-state index contributed by atoms with van der Waals surface area (Å²) in [5.74, 6) is 0.888. The van der Waals surface area contributed by atoms with Gasteiger partial charge in [0.2, 0.25) is 0 Å². The molecule has 0 amide bonds. The van der Waals surface area contributed by atoms with E-state index in [4.69, 9.17) is 10.00 Å². The van der Waals surface area contributed by atoms with Crippen molar-refractivity contribution in [2.45, 2.75) is 25.9 Å². The molecule has 3 aromatic rings. The van der Waals surface area contributed by atoms with E-state index in [-0.39, 0.29) is 6.10 Å². The molecule has 0 saturated heterocycles. The Hall–Kier alpha value is -2.80. The van der Waals surface area contributed by atoms with E-state index in [0.717, 1.165) is 40.6 Å². The summed E-state index contributed by atoms with van der Waals surface area (Å²) >= 11 is 0. The molecule has 0 radical (unpaired) electrons. The van der Waals surface area contributed by atoms with Crippen molar-refractivity contribution in [3.05, 3.63) is 58.8 Å². The number of aromatic amines is 1. The Balaban J connectivity index is 1.67. The highest BCUT2D eigenvalue weighted by molar-refractivity contribution is 5.80. The van der Waals surface area contributed by atoms with Crippen LogP contribution in [0.15, 0.2) is 36.5 Å². The molecule has 0 fully saturated rings. The largest absolute Gasteiger partial charge is 0.485 e. The van der Waals surface area contributed by atoms with Gasteiger partial charge in [0.15, 0.2) is 0 Å². The molecule has 1 N–H and O–H groups in total. The summed E-state index contributed by atoms with van der Waals surface area (Å²) in [5.41, 5.74) is 5.23. The highest BCUT2D eigenvalue weighted by Crippen LogP contribution is 2.37. The average Bonchev–Trinajstić information content (AvgIpc) is 3.14. The van der Waals surface area contributed by atoms with Crippen LogP contribution in [0.25, 0.3) is 10.9 Å². The maximum Gasteiger partial charge on any atom is 0.125 e. The molecule has 2 aromatic carbocycles. The summed E-state index contributed by atoms with van der Waals surface area (Å²) in [5, 5.41) is 17.1. The second-order valence-electron chi connectivity index (χ2n) is 5.75. The number of rotatable bonds is 2. The van der Waals surface area contributed by atoms with E-state index in [2.05, 4.69) is 29.3 Å². The van der Waals surface area contributed by atoms with E-state index in [9.17, 15) is 0 Å². The zero-order valence-corrected chi connectivity index (χ0v) is 12.3. The third-order valence-electron chi connectivity index (χ3n) is 4.30. The second-order valence-corrected chi connectivity index (χ2v) is 5.75. The smallest absolute Gasteiger partial charge is 0.125 e. The van der Waals surface area contributed by atoms with Crippen molar-refractivity contribution in [1.82, 2.24) is 10.2 Å². The van der Waals surface area contributed by atoms with E-state index >= 15 is 0 Å². The lowest BCUT2D eigenvalue weighted by Crippen LogP contribution is -2.04. The highest BCUT2D eigenvalue weighted by Gasteiger charge is 2.25. The molecule has 0 saturated carbocycles. The van der Waals surface area contributed by atoms with Crippen LogP contribution in [0.5, 0.6) is 5.75 Å². The zero-order chi connectivity index (χ0) is 15.1. The Morgan fingerprint density at radius 1 is 1.32 bits per heavy atom. The van der Waals surface area contributed by atoms with E-state index in [1.165, 1.54) is 11.1 Å². The molecular weight excluding hydrogens is 274 g/mol. The van der Waals surface area contributed by atoms with Gasteiger partial charge in [0.05, 0.1) is 23.3 Å². The van der Waals surface area contributed by atoms with Gasteiger partial charge in [0.25, 0.3) is 0 Å². The third kappa shape index (κ3) is 2.03. The van der Waals surface area contributed by atoms with Crippen LogP contribution in [0.2, 0.25) is 0 Å². The van der Waals surface area contributed by atoms with Gasteiger partial charge in [0.1, 0.15) is 11.9 Å². The van der Waals surface area contributed by atoms with Crippen LogP contribution >= 0.6 is 0 Å². The van der Waals surface area contributed by atoms with E-state index in [1.807, 2.05) is 30.5 Å². The van der Waals surface area contributed by atoms with Crippen molar-refractivity contribution in [3.63, 3.8) is 0 Å². The van der Waals surface area contributed by atoms with Crippen molar-refractivity contribution in [2.24, 2.45) is 0 Å². The Bertz CT molecular complexity index is 904. The molecule has 4 rings (SSSR count). The molecule has 1 aliphatic carbocycles. The van der Waals surface area contributed by atoms with Crippen molar-refractivity contribution in [3.8, 4) is 11.8 Å². The van der Waals surface area contributed by atoms with Gasteiger partial charge in [-0.25, -0.2) is 0 Å². The molecule has 108 valence electrons. The zero-order valence-electron chi connectivity index (χ0n) is 12.3. The topological polar surface area (TPSA) is 61.7 Å². The Labute approximate surface area is 128 Å². The monoisotopic (exact) mass is 289 g/mol. The van der Waals surface area contributed by atoms with Crippen LogP contribution < -0.4 is 4.74 Å². The maximum atomic E-state index is 9.00. The van der Waals surface area contributed by atoms with Crippen LogP contribution in [0, 0.1) is 18.3 Å². The molecule has 4 nitrogen and oxygen atoms in total. The van der Waals surface area contributed by atoms with Crippen molar-refractivity contribution in [1.29, 1.82) is 5.26 Å². The number of nitrogens with zero attached hydrogens (tertiary/aromatic N) is 2. The molecule has 22 heavy (non-hydrogen) atoms. The van der Waals surface area contributed by atoms with Gasteiger partial charge in [0, 0.05) is 11.5 Å². The highest BCUT2D eigenvalue weighted by atomic mass is 16.5. The minimum atomic E-state index is 0.0572. The summed E-state index contributed by atoms with van der Waals surface area (Å²) < 4.78 is 6.25. The number of hydrogen-bond acceptors (Lipinski definition) is 3. The SMILES string of the molecule is Cc1cc2cn[nH]c2cc1OC1CCc2cc(C#N)ccc21. The molecule has 0 aliphatic heterocycles. The van der Waals surface area contributed by atoms with Crippen LogP contribution in [0.4, 0.5) is 0 Å². The second kappa shape index (κ2) is 4.88. The first-order valence-electron chi connectivity index (χ1n) is 7.38. The summed E-state index contributed by atoms with van der Waals surface area (Å²) in [4.78, 5) is 0. The molecule has 1 aromatic heterocycles. The van der Waals surface area contributed by atoms with Crippen LogP contribution in [0.3, 0.4) is 0 Å². The number of H-pyrrole nitrogens is 1. The average molecular weight is 289 g/mol. The fraction of sp³-hybridized carbons (Fsp3) is 0.222. The summed E-state index contributed by atoms with van der Waals surface area (Å²) in [6.45, 7) is 2.05. The van der Waals surface area contributed by atoms with Gasteiger partial charge < -0.3 is 4.74 Å². The molecule has 0 bridgehead atoms. The number of ether oxygens (including phenoxy) is 1. The standard InChI is InChI=1S/C18H15N3O/c1-11-6-14-10-20-21-16(14)8-18(11)22-17-5-3-13-7-12(9-19)2-4-15(13)17/h2,4,6-8,10,17H,3,5H2,1H3,(H,20,21). The fourth-order valence-electron chi connectivity index (χ4n) is 3.14. The number of aryl methyl sites for hydroxylation is 2. The van der Waals surface area contributed by atoms with Gasteiger partial charge in [-0.05, 0) is 54.7 Å². The molecule has 1 aliphatic rings. The Morgan fingerprint density at radius 3 is 3.09 bits per heavy atom. The minimum absolute atomic E-state index is 0.0572. The van der Waals surface area contributed by atoms with E-state index in [0.29, 0.717) is 0 Å². The lowest BCUT2D eigenvalue weighted by molar-refractivity contribution is 0.206. The first-order chi connectivity index (χ1) is 10.7. The lowest BCUT2D eigenvalue weighted by Gasteiger charge is -2.17. The van der Waals surface area contributed by atoms with Crippen molar-refractivity contribution < 1.29 is 4.74 Å². The number of aromatic nitrogens is 2. The lowest BCUT2D eigenvalue weighted by atomic mass is 10.1. The first kappa shape index (κ1) is 12.9. The molecule has 1 heterocycles. The maximum absolute atomic E-state index is 9.00.